The van der Waals surface area contributed by atoms with Gasteiger partial charge in [-0.15, -0.1) is 0 Å². The molecule has 0 amide bonds. The fraction of sp³-hybridized carbons (Fsp3) is 0.444. The number of aromatic nitrogens is 1. The summed E-state index contributed by atoms with van der Waals surface area (Å²) in [5.74, 6) is 0. The van der Waals surface area contributed by atoms with E-state index in [1.165, 1.54) is 17.7 Å². The summed E-state index contributed by atoms with van der Waals surface area (Å²) in [5.41, 5.74) is 1.07. The van der Waals surface area contributed by atoms with Crippen molar-refractivity contribution < 1.29 is 0 Å². The van der Waals surface area contributed by atoms with Crippen LogP contribution in [0.2, 0.25) is 0 Å². The molecule has 0 saturated heterocycles. The van der Waals surface area contributed by atoms with Gasteiger partial charge in [0.05, 0.1) is 0 Å². The molecule has 1 fully saturated rings. The lowest BCUT2D eigenvalue weighted by Gasteiger charge is -2.00. The molecule has 3 heteroatoms. The Bertz CT molecular complexity index is 254. The molecule has 2 nitrogen and oxygen atoms in total. The average Bonchev–Trinajstić information content (AvgIpc) is 2.87. The van der Waals surface area contributed by atoms with E-state index in [4.69, 9.17) is 0 Å². The van der Waals surface area contributed by atoms with Crippen molar-refractivity contribution in [3.63, 3.8) is 0 Å². The smallest absolute Gasteiger partial charge is 0.0420 e. The van der Waals surface area contributed by atoms with E-state index in [9.17, 15) is 0 Å². The second kappa shape index (κ2) is 3.46. The molecule has 1 aromatic heterocycles. The molecule has 2 rings (SSSR count). The Morgan fingerprint density at radius 3 is 2.92 bits per heavy atom. The van der Waals surface area contributed by atoms with Crippen LogP contribution in [0.5, 0.6) is 0 Å². The Kier molecular flexibility index (Phi) is 2.33. The van der Waals surface area contributed by atoms with E-state index in [1.807, 2.05) is 19.2 Å². The third-order valence-corrected chi connectivity index (χ3v) is 2.73. The Labute approximate surface area is 76.9 Å². The normalized spacial score (nSPS) is 16.4. The van der Waals surface area contributed by atoms with Gasteiger partial charge in [-0.3, -0.25) is 9.71 Å². The topological polar surface area (TPSA) is 24.9 Å². The molecule has 1 aromatic rings. The molecule has 0 aromatic carbocycles. The molecule has 0 radical (unpaired) electrons. The first kappa shape index (κ1) is 8.08. The van der Waals surface area contributed by atoms with Crippen molar-refractivity contribution in [2.45, 2.75) is 30.7 Å². The van der Waals surface area contributed by atoms with Gasteiger partial charge in [0, 0.05) is 22.8 Å². The Balaban J connectivity index is 1.89. The minimum atomic E-state index is 0.747. The van der Waals surface area contributed by atoms with Crippen LogP contribution in [0.15, 0.2) is 23.2 Å². The molecule has 0 bridgehead atoms. The summed E-state index contributed by atoms with van der Waals surface area (Å²) in [5, 5.41) is 0. The summed E-state index contributed by atoms with van der Waals surface area (Å²) < 4.78 is 3.37. The third kappa shape index (κ3) is 2.22. The zero-order chi connectivity index (χ0) is 8.39. The number of rotatable bonds is 3. The number of pyridine rings is 1. The molecule has 0 spiro atoms. The van der Waals surface area contributed by atoms with Crippen LogP contribution in [-0.4, -0.2) is 11.0 Å². The molecular formula is C9H12N2S. The summed E-state index contributed by atoms with van der Waals surface area (Å²) in [6.45, 7) is 2.00. The van der Waals surface area contributed by atoms with E-state index in [0.717, 1.165) is 11.7 Å². The van der Waals surface area contributed by atoms with Crippen LogP contribution in [0.25, 0.3) is 0 Å². The van der Waals surface area contributed by atoms with Crippen LogP contribution in [0.3, 0.4) is 0 Å². The van der Waals surface area contributed by atoms with E-state index in [1.54, 1.807) is 11.9 Å². The fourth-order valence-corrected chi connectivity index (χ4v) is 1.65. The second-order valence-corrected chi connectivity index (χ2v) is 4.04. The largest absolute Gasteiger partial charge is 0.260 e. The first-order valence-electron chi connectivity index (χ1n) is 4.19. The maximum absolute atomic E-state index is 4.22. The number of nitrogens with one attached hydrogen (secondary N) is 1. The maximum Gasteiger partial charge on any atom is 0.0420 e. The van der Waals surface area contributed by atoms with Crippen LogP contribution >= 0.6 is 11.9 Å². The second-order valence-electron chi connectivity index (χ2n) is 3.13. The highest BCUT2D eigenvalue weighted by Crippen LogP contribution is 2.24. The minimum Gasteiger partial charge on any atom is -0.260 e. The molecule has 12 heavy (non-hydrogen) atoms. The maximum atomic E-state index is 4.22. The van der Waals surface area contributed by atoms with Crippen molar-refractivity contribution in [3.8, 4) is 0 Å². The van der Waals surface area contributed by atoms with Crippen LogP contribution in [-0.2, 0) is 0 Å². The zero-order valence-corrected chi connectivity index (χ0v) is 7.90. The molecule has 1 N–H and O–H groups in total. The van der Waals surface area contributed by atoms with Gasteiger partial charge in [0.15, 0.2) is 0 Å². The molecule has 64 valence electrons. The van der Waals surface area contributed by atoms with Crippen LogP contribution in [0.4, 0.5) is 0 Å². The standard InChI is InChI=1S/C9H12N2S/c1-7-2-5-9(6-10-7)12-11-8-3-4-8/h2,5-6,8,11H,3-4H2,1H3. The molecule has 1 saturated carbocycles. The highest BCUT2D eigenvalue weighted by Gasteiger charge is 2.20. The van der Waals surface area contributed by atoms with Crippen LogP contribution in [0, 0.1) is 6.92 Å². The van der Waals surface area contributed by atoms with Gasteiger partial charge >= 0.3 is 0 Å². The Hall–Kier alpha value is -0.540. The van der Waals surface area contributed by atoms with Crippen LogP contribution < -0.4 is 4.72 Å². The first-order chi connectivity index (χ1) is 5.84. The van der Waals surface area contributed by atoms with Crippen molar-refractivity contribution in [2.75, 3.05) is 0 Å². The van der Waals surface area contributed by atoms with Gasteiger partial charge in [-0.1, -0.05) is 0 Å². The highest BCUT2D eigenvalue weighted by molar-refractivity contribution is 7.97. The van der Waals surface area contributed by atoms with Gasteiger partial charge in [-0.2, -0.15) is 0 Å². The summed E-state index contributed by atoms with van der Waals surface area (Å²) in [6.07, 6.45) is 4.56. The van der Waals surface area contributed by atoms with Crippen molar-refractivity contribution >= 4 is 11.9 Å². The first-order valence-corrected chi connectivity index (χ1v) is 5.01. The van der Waals surface area contributed by atoms with Crippen molar-refractivity contribution in [3.05, 3.63) is 24.0 Å². The fourth-order valence-electron chi connectivity index (χ4n) is 0.867. The van der Waals surface area contributed by atoms with E-state index in [0.29, 0.717) is 0 Å². The third-order valence-electron chi connectivity index (χ3n) is 1.81. The van der Waals surface area contributed by atoms with E-state index < -0.39 is 0 Å². The predicted molar refractivity (Wildman–Crippen MR) is 51.0 cm³/mol. The van der Waals surface area contributed by atoms with Crippen molar-refractivity contribution in [1.82, 2.24) is 9.71 Å². The molecule has 0 aliphatic heterocycles. The summed E-state index contributed by atoms with van der Waals surface area (Å²) in [6, 6.07) is 4.88. The Morgan fingerprint density at radius 2 is 2.33 bits per heavy atom. The molecular weight excluding hydrogens is 168 g/mol. The minimum absolute atomic E-state index is 0.747. The Morgan fingerprint density at radius 1 is 1.50 bits per heavy atom. The summed E-state index contributed by atoms with van der Waals surface area (Å²) in [7, 11) is 0. The number of hydrogen-bond donors (Lipinski definition) is 1. The summed E-state index contributed by atoms with van der Waals surface area (Å²) in [4.78, 5) is 5.42. The van der Waals surface area contributed by atoms with Gasteiger partial charge in [0.1, 0.15) is 0 Å². The van der Waals surface area contributed by atoms with Crippen molar-refractivity contribution in [2.24, 2.45) is 0 Å². The van der Waals surface area contributed by atoms with Gasteiger partial charge in [0.2, 0.25) is 0 Å². The SMILES string of the molecule is Cc1ccc(SNC2CC2)cn1. The molecule has 1 aliphatic rings. The van der Waals surface area contributed by atoms with E-state index >= 15 is 0 Å². The molecule has 0 atom stereocenters. The molecule has 1 heterocycles. The highest BCUT2D eigenvalue weighted by atomic mass is 32.2. The molecule has 1 aliphatic carbocycles. The molecule has 0 unspecified atom stereocenters. The van der Waals surface area contributed by atoms with Gasteiger partial charge in [0.25, 0.3) is 0 Å². The van der Waals surface area contributed by atoms with Gasteiger partial charge in [-0.25, -0.2) is 0 Å². The lowest BCUT2D eigenvalue weighted by Crippen LogP contribution is -2.04. The van der Waals surface area contributed by atoms with Crippen LogP contribution in [0.1, 0.15) is 18.5 Å². The predicted octanol–water partition coefficient (Wildman–Crippen LogP) is 2.15. The van der Waals surface area contributed by atoms with Gasteiger partial charge in [-0.05, 0) is 43.8 Å². The number of hydrogen-bond acceptors (Lipinski definition) is 3. The summed E-state index contributed by atoms with van der Waals surface area (Å²) >= 11 is 1.69. The average molecular weight is 180 g/mol. The lowest BCUT2D eigenvalue weighted by atomic mass is 10.4. The lowest BCUT2D eigenvalue weighted by molar-refractivity contribution is 0.967. The van der Waals surface area contributed by atoms with Gasteiger partial charge < -0.3 is 0 Å². The zero-order valence-electron chi connectivity index (χ0n) is 7.08. The number of nitrogens with zero attached hydrogens (tertiary/aromatic N) is 1. The van der Waals surface area contributed by atoms with Crippen molar-refractivity contribution in [1.29, 1.82) is 0 Å². The quantitative estimate of drug-likeness (QED) is 0.721. The van der Waals surface area contributed by atoms with E-state index in [-0.39, 0.29) is 0 Å². The number of aryl methyl sites for hydroxylation is 1. The van der Waals surface area contributed by atoms with E-state index in [2.05, 4.69) is 15.8 Å². The monoisotopic (exact) mass is 180 g/mol.